The van der Waals surface area contributed by atoms with Gasteiger partial charge in [-0.2, -0.15) is 0 Å². The van der Waals surface area contributed by atoms with Gasteiger partial charge in [0.25, 0.3) is 5.56 Å². The third-order valence-electron chi connectivity index (χ3n) is 7.12. The normalized spacial score (nSPS) is 25.7. The van der Waals surface area contributed by atoms with E-state index < -0.39 is 0 Å². The molecule has 4 aliphatic carbocycles. The molecule has 0 radical (unpaired) electrons. The summed E-state index contributed by atoms with van der Waals surface area (Å²) in [4.78, 5) is 25.0. The third kappa shape index (κ3) is 2.74. The van der Waals surface area contributed by atoms with Crippen molar-refractivity contribution in [3.05, 3.63) is 44.9 Å². The van der Waals surface area contributed by atoms with E-state index >= 15 is 0 Å². The van der Waals surface area contributed by atoms with Crippen molar-refractivity contribution in [1.82, 2.24) is 4.57 Å². The molecule has 2 bridgehead atoms. The number of fused-ring (bicyclic) bond motifs is 2. The van der Waals surface area contributed by atoms with Gasteiger partial charge in [-0.15, -0.1) is 0 Å². The number of hydrogen-bond donors (Lipinski definition) is 0. The minimum atomic E-state index is -0.277. The van der Waals surface area contributed by atoms with Crippen LogP contribution in [0, 0.1) is 17.3 Å². The quantitative estimate of drug-likeness (QED) is 0.610. The summed E-state index contributed by atoms with van der Waals surface area (Å²) >= 11 is 0. The molecule has 0 unspecified atom stereocenters. The lowest BCUT2D eigenvalue weighted by molar-refractivity contribution is -0.0103. The lowest BCUT2D eigenvalue weighted by atomic mass is 9.48. The number of esters is 1. The van der Waals surface area contributed by atoms with E-state index in [-0.39, 0.29) is 11.5 Å². The Morgan fingerprint density at radius 2 is 2.00 bits per heavy atom. The second kappa shape index (κ2) is 6.40. The molecule has 2 atom stereocenters. The molecular formula is C22H29NO3. The summed E-state index contributed by atoms with van der Waals surface area (Å²) in [5, 5.41) is 0. The summed E-state index contributed by atoms with van der Waals surface area (Å²) in [7, 11) is 1.72. The number of aromatic nitrogens is 1. The Balaban J connectivity index is 1.44. The Labute approximate surface area is 155 Å². The summed E-state index contributed by atoms with van der Waals surface area (Å²) in [5.41, 5.74) is 4.22. The van der Waals surface area contributed by atoms with Gasteiger partial charge in [0.1, 0.15) is 0 Å². The number of ether oxygens (including phenoxy) is 1. The molecule has 1 aromatic rings. The van der Waals surface area contributed by atoms with Crippen LogP contribution < -0.4 is 5.56 Å². The van der Waals surface area contributed by atoms with Crippen molar-refractivity contribution in [2.75, 3.05) is 6.61 Å². The maximum Gasteiger partial charge on any atom is 0.339 e. The van der Waals surface area contributed by atoms with Crippen LogP contribution in [0.25, 0.3) is 0 Å². The average molecular weight is 355 g/mol. The Hall–Kier alpha value is -1.84. The van der Waals surface area contributed by atoms with Gasteiger partial charge in [0.15, 0.2) is 0 Å². The molecule has 0 aliphatic heterocycles. The second-order valence-electron chi connectivity index (χ2n) is 8.83. The maximum atomic E-state index is 12.7. The van der Waals surface area contributed by atoms with Crippen LogP contribution >= 0.6 is 0 Å². The van der Waals surface area contributed by atoms with Crippen LogP contribution in [0.4, 0.5) is 0 Å². The molecular weight excluding hydrogens is 326 g/mol. The maximum absolute atomic E-state index is 12.7. The van der Waals surface area contributed by atoms with E-state index in [0.29, 0.717) is 23.5 Å². The van der Waals surface area contributed by atoms with Gasteiger partial charge in [0.2, 0.25) is 0 Å². The van der Waals surface area contributed by atoms with Gasteiger partial charge in [0.05, 0.1) is 12.2 Å². The first-order valence-corrected chi connectivity index (χ1v) is 9.97. The zero-order chi connectivity index (χ0) is 18.5. The largest absolute Gasteiger partial charge is 0.462 e. The Morgan fingerprint density at radius 1 is 1.27 bits per heavy atom. The highest BCUT2D eigenvalue weighted by Gasteiger charge is 2.50. The molecule has 0 amide bonds. The van der Waals surface area contributed by atoms with Crippen LogP contribution in [0.5, 0.6) is 0 Å². The van der Waals surface area contributed by atoms with E-state index in [4.69, 9.17) is 4.74 Å². The van der Waals surface area contributed by atoms with Crippen molar-refractivity contribution >= 4 is 5.97 Å². The lowest BCUT2D eigenvalue weighted by Crippen LogP contribution is -2.48. The third-order valence-corrected chi connectivity index (χ3v) is 7.12. The number of carbonyl (C=O) groups excluding carboxylic acids is 1. The van der Waals surface area contributed by atoms with Gasteiger partial charge in [-0.25, -0.2) is 4.79 Å². The van der Waals surface area contributed by atoms with Crippen LogP contribution in [-0.2, 0) is 24.6 Å². The molecule has 1 saturated carbocycles. The topological polar surface area (TPSA) is 48.3 Å². The van der Waals surface area contributed by atoms with Gasteiger partial charge in [-0.05, 0) is 61.3 Å². The molecule has 1 heterocycles. The lowest BCUT2D eigenvalue weighted by Gasteiger charge is -2.56. The SMILES string of the molecule is Cn1cc(C(=O)OCCC2=CC[C@H]3C[C@@H]2C3(C)C)c2c(c1=O)CCCC2. The monoisotopic (exact) mass is 355 g/mol. The number of hydrogen-bond acceptors (Lipinski definition) is 3. The molecule has 140 valence electrons. The van der Waals surface area contributed by atoms with Gasteiger partial charge in [-0.3, -0.25) is 4.79 Å². The fraction of sp³-hybridized carbons (Fsp3) is 0.636. The number of nitrogens with zero attached hydrogens (tertiary/aromatic N) is 1. The number of pyridine rings is 1. The predicted octanol–water partition coefficient (Wildman–Crippen LogP) is 3.80. The van der Waals surface area contributed by atoms with Gasteiger partial charge in [0, 0.05) is 25.2 Å². The Kier molecular flexibility index (Phi) is 4.32. The van der Waals surface area contributed by atoms with Crippen molar-refractivity contribution in [2.24, 2.45) is 24.3 Å². The smallest absolute Gasteiger partial charge is 0.339 e. The molecule has 4 nitrogen and oxygen atoms in total. The molecule has 0 saturated heterocycles. The second-order valence-corrected chi connectivity index (χ2v) is 8.83. The van der Waals surface area contributed by atoms with E-state index in [9.17, 15) is 9.59 Å². The first-order valence-electron chi connectivity index (χ1n) is 9.97. The molecule has 1 aromatic heterocycles. The highest BCUT2D eigenvalue weighted by molar-refractivity contribution is 5.91. The van der Waals surface area contributed by atoms with E-state index in [1.807, 2.05) is 0 Å². The summed E-state index contributed by atoms with van der Waals surface area (Å²) in [6.45, 7) is 5.16. The fourth-order valence-electron chi connectivity index (χ4n) is 5.25. The number of rotatable bonds is 4. The standard InChI is InChI=1S/C22H29NO3/c1-22(2)15-9-8-14(19(22)12-15)10-11-26-21(25)18-13-23(3)20(24)17-7-5-4-6-16(17)18/h8,13,15,19H,4-7,9-12H2,1-3H3/t15-,19-/m0/s1. The van der Waals surface area contributed by atoms with Crippen molar-refractivity contribution in [3.8, 4) is 0 Å². The van der Waals surface area contributed by atoms with Gasteiger partial charge < -0.3 is 9.30 Å². The minimum Gasteiger partial charge on any atom is -0.462 e. The zero-order valence-electron chi connectivity index (χ0n) is 16.1. The first-order chi connectivity index (χ1) is 12.4. The van der Waals surface area contributed by atoms with E-state index in [1.165, 1.54) is 23.0 Å². The minimum absolute atomic E-state index is 0.0328. The Morgan fingerprint density at radius 3 is 2.69 bits per heavy atom. The first kappa shape index (κ1) is 17.6. The zero-order valence-corrected chi connectivity index (χ0v) is 16.1. The Bertz CT molecular complexity index is 831. The van der Waals surface area contributed by atoms with Crippen molar-refractivity contribution in [1.29, 1.82) is 0 Å². The molecule has 4 heteroatoms. The summed E-state index contributed by atoms with van der Waals surface area (Å²) in [5.74, 6) is 1.21. The highest BCUT2D eigenvalue weighted by Crippen LogP contribution is 2.59. The molecule has 5 rings (SSSR count). The number of carbonyl (C=O) groups is 1. The molecule has 4 aliphatic rings. The number of allylic oxidation sites excluding steroid dienone is 1. The van der Waals surface area contributed by atoms with Crippen LogP contribution in [0.15, 0.2) is 22.6 Å². The predicted molar refractivity (Wildman–Crippen MR) is 101 cm³/mol. The van der Waals surface area contributed by atoms with Crippen molar-refractivity contribution in [3.63, 3.8) is 0 Å². The van der Waals surface area contributed by atoms with Crippen molar-refractivity contribution in [2.45, 2.75) is 58.8 Å². The van der Waals surface area contributed by atoms with E-state index in [0.717, 1.165) is 49.1 Å². The summed E-state index contributed by atoms with van der Waals surface area (Å²) in [6, 6.07) is 0. The van der Waals surface area contributed by atoms with Gasteiger partial charge in [-0.1, -0.05) is 25.5 Å². The van der Waals surface area contributed by atoms with E-state index in [2.05, 4.69) is 19.9 Å². The van der Waals surface area contributed by atoms with E-state index in [1.54, 1.807) is 13.2 Å². The molecule has 0 N–H and O–H groups in total. The van der Waals surface area contributed by atoms with Gasteiger partial charge >= 0.3 is 5.97 Å². The summed E-state index contributed by atoms with van der Waals surface area (Å²) in [6.07, 6.45) is 11.0. The molecule has 26 heavy (non-hydrogen) atoms. The van der Waals surface area contributed by atoms with Crippen molar-refractivity contribution < 1.29 is 9.53 Å². The highest BCUT2D eigenvalue weighted by atomic mass is 16.5. The molecule has 1 fully saturated rings. The average Bonchev–Trinajstić information content (AvgIpc) is 2.64. The van der Waals surface area contributed by atoms with Crippen LogP contribution in [0.2, 0.25) is 0 Å². The summed E-state index contributed by atoms with van der Waals surface area (Å²) < 4.78 is 7.16. The van der Waals surface area contributed by atoms with Crippen LogP contribution in [0.3, 0.4) is 0 Å². The molecule has 0 spiro atoms. The fourth-order valence-corrected chi connectivity index (χ4v) is 5.25. The van der Waals surface area contributed by atoms with Crippen LogP contribution in [-0.4, -0.2) is 17.1 Å². The number of aryl methyl sites for hydroxylation is 1. The molecule has 0 aromatic carbocycles. The van der Waals surface area contributed by atoms with Crippen LogP contribution in [0.1, 0.15) is 67.4 Å².